The fourth-order valence-corrected chi connectivity index (χ4v) is 2.43. The van der Waals surface area contributed by atoms with Gasteiger partial charge in [0.25, 0.3) is 0 Å². The van der Waals surface area contributed by atoms with Gasteiger partial charge in [-0.15, -0.1) is 0 Å². The van der Waals surface area contributed by atoms with Crippen LogP contribution in [0.3, 0.4) is 0 Å². The van der Waals surface area contributed by atoms with Gasteiger partial charge >= 0.3 is 0 Å². The van der Waals surface area contributed by atoms with Gasteiger partial charge in [0.2, 0.25) is 0 Å². The fraction of sp³-hybridized carbons (Fsp3) is 0.538. The normalized spacial score (nSPS) is 10.9. The molecule has 0 radical (unpaired) electrons. The minimum Gasteiger partial charge on any atom is -0.392 e. The van der Waals surface area contributed by atoms with E-state index in [-0.39, 0.29) is 6.61 Å². The van der Waals surface area contributed by atoms with Crippen LogP contribution < -0.4 is 4.90 Å². The van der Waals surface area contributed by atoms with Crippen molar-refractivity contribution in [3.63, 3.8) is 0 Å². The molecule has 90 valence electrons. The molecule has 0 aliphatic rings. The Balaban J connectivity index is 3.10. The van der Waals surface area contributed by atoms with Crippen LogP contribution in [-0.4, -0.2) is 18.2 Å². The lowest BCUT2D eigenvalue weighted by Crippen LogP contribution is -2.31. The molecule has 0 aromatic heterocycles. The number of rotatable bonds is 5. The molecule has 1 rings (SSSR count). The van der Waals surface area contributed by atoms with Crippen LogP contribution in [0.4, 0.5) is 5.69 Å². The Morgan fingerprint density at radius 2 is 1.94 bits per heavy atom. The number of aliphatic hydroxyl groups excluding tert-OH is 1. The summed E-state index contributed by atoms with van der Waals surface area (Å²) < 4.78 is 0. The summed E-state index contributed by atoms with van der Waals surface area (Å²) in [5.74, 6) is 0. The van der Waals surface area contributed by atoms with Crippen molar-refractivity contribution in [2.75, 3.05) is 11.9 Å². The third kappa shape index (κ3) is 2.69. The highest BCUT2D eigenvalue weighted by atomic mass is 35.5. The van der Waals surface area contributed by atoms with Crippen molar-refractivity contribution in [2.24, 2.45) is 0 Å². The molecule has 0 bridgehead atoms. The average molecular weight is 242 g/mol. The quantitative estimate of drug-likeness (QED) is 0.854. The minimum absolute atomic E-state index is 0.0282. The standard InChI is InChI=1S/C13H20ClNO/c1-4-11(5-2)15(3)13-10(9-16)7-6-8-12(13)14/h6-8,11,16H,4-5,9H2,1-3H3. The first-order valence-corrected chi connectivity index (χ1v) is 6.14. The van der Waals surface area contributed by atoms with Gasteiger partial charge in [-0.1, -0.05) is 37.6 Å². The first-order chi connectivity index (χ1) is 7.65. The molecule has 3 heteroatoms. The van der Waals surface area contributed by atoms with Gasteiger partial charge in [-0.2, -0.15) is 0 Å². The molecule has 0 saturated carbocycles. The van der Waals surface area contributed by atoms with E-state index in [0.717, 1.165) is 24.1 Å². The van der Waals surface area contributed by atoms with Gasteiger partial charge in [0.1, 0.15) is 0 Å². The van der Waals surface area contributed by atoms with Crippen molar-refractivity contribution < 1.29 is 5.11 Å². The van der Waals surface area contributed by atoms with Crippen LogP contribution in [0.25, 0.3) is 0 Å². The van der Waals surface area contributed by atoms with E-state index in [9.17, 15) is 5.11 Å². The van der Waals surface area contributed by atoms with Gasteiger partial charge in [0.15, 0.2) is 0 Å². The van der Waals surface area contributed by atoms with E-state index in [1.165, 1.54) is 0 Å². The highest BCUT2D eigenvalue weighted by Crippen LogP contribution is 2.31. The van der Waals surface area contributed by atoms with Crippen LogP contribution in [0.1, 0.15) is 32.3 Å². The van der Waals surface area contributed by atoms with Crippen LogP contribution in [0.5, 0.6) is 0 Å². The molecule has 0 saturated heterocycles. The summed E-state index contributed by atoms with van der Waals surface area (Å²) in [6.07, 6.45) is 2.15. The monoisotopic (exact) mass is 241 g/mol. The molecule has 1 N–H and O–H groups in total. The molecule has 16 heavy (non-hydrogen) atoms. The molecule has 1 aromatic carbocycles. The van der Waals surface area contributed by atoms with Gasteiger partial charge < -0.3 is 10.0 Å². The lowest BCUT2D eigenvalue weighted by Gasteiger charge is -2.30. The zero-order valence-corrected chi connectivity index (χ0v) is 11.0. The van der Waals surface area contributed by atoms with Gasteiger partial charge in [-0.25, -0.2) is 0 Å². The van der Waals surface area contributed by atoms with E-state index in [0.29, 0.717) is 11.1 Å². The van der Waals surface area contributed by atoms with Crippen LogP contribution in [0.15, 0.2) is 18.2 Å². The summed E-state index contributed by atoms with van der Waals surface area (Å²) >= 11 is 6.21. The minimum atomic E-state index is 0.0282. The van der Waals surface area contributed by atoms with Crippen LogP contribution in [-0.2, 0) is 6.61 Å². The van der Waals surface area contributed by atoms with Crippen molar-refractivity contribution in [1.82, 2.24) is 0 Å². The Bertz CT molecular complexity index is 337. The van der Waals surface area contributed by atoms with E-state index < -0.39 is 0 Å². The number of anilines is 1. The third-order valence-electron chi connectivity index (χ3n) is 3.08. The summed E-state index contributed by atoms with van der Waals surface area (Å²) in [5.41, 5.74) is 1.85. The Labute approximate surface area is 103 Å². The number of nitrogens with zero attached hydrogens (tertiary/aromatic N) is 1. The number of halogens is 1. The van der Waals surface area contributed by atoms with Crippen LogP contribution in [0.2, 0.25) is 5.02 Å². The number of para-hydroxylation sites is 1. The average Bonchev–Trinajstić information content (AvgIpc) is 2.29. The molecule has 0 atom stereocenters. The maximum Gasteiger partial charge on any atom is 0.0702 e. The largest absolute Gasteiger partial charge is 0.392 e. The van der Waals surface area contributed by atoms with E-state index in [2.05, 4.69) is 18.7 Å². The highest BCUT2D eigenvalue weighted by Gasteiger charge is 2.16. The number of aliphatic hydroxyl groups is 1. The Morgan fingerprint density at radius 1 is 1.31 bits per heavy atom. The van der Waals surface area contributed by atoms with Crippen molar-refractivity contribution in [3.8, 4) is 0 Å². The number of hydrogen-bond donors (Lipinski definition) is 1. The molecule has 0 aliphatic heterocycles. The second-order valence-electron chi connectivity index (χ2n) is 3.99. The number of hydrogen-bond acceptors (Lipinski definition) is 2. The fourth-order valence-electron chi connectivity index (χ4n) is 2.10. The second kappa shape index (κ2) is 6.12. The molecule has 0 unspecified atom stereocenters. The maximum atomic E-state index is 9.33. The topological polar surface area (TPSA) is 23.5 Å². The molecular weight excluding hydrogens is 222 g/mol. The summed E-state index contributed by atoms with van der Waals surface area (Å²) in [6, 6.07) is 6.12. The molecule has 0 amide bonds. The Morgan fingerprint density at radius 3 is 2.44 bits per heavy atom. The smallest absolute Gasteiger partial charge is 0.0702 e. The second-order valence-corrected chi connectivity index (χ2v) is 4.39. The summed E-state index contributed by atoms with van der Waals surface area (Å²) in [5, 5.41) is 10.0. The number of benzene rings is 1. The lowest BCUT2D eigenvalue weighted by atomic mass is 10.1. The lowest BCUT2D eigenvalue weighted by molar-refractivity contribution is 0.282. The highest BCUT2D eigenvalue weighted by molar-refractivity contribution is 6.33. The molecule has 0 heterocycles. The van der Waals surface area contributed by atoms with E-state index in [1.807, 2.05) is 25.2 Å². The van der Waals surface area contributed by atoms with Crippen molar-refractivity contribution in [3.05, 3.63) is 28.8 Å². The van der Waals surface area contributed by atoms with Crippen molar-refractivity contribution >= 4 is 17.3 Å². The predicted octanol–water partition coefficient (Wildman–Crippen LogP) is 3.46. The SMILES string of the molecule is CCC(CC)N(C)c1c(Cl)cccc1CO. The van der Waals surface area contributed by atoms with E-state index in [4.69, 9.17) is 11.6 Å². The molecule has 0 fully saturated rings. The van der Waals surface area contributed by atoms with Gasteiger partial charge in [0, 0.05) is 18.7 Å². The molecule has 2 nitrogen and oxygen atoms in total. The van der Waals surface area contributed by atoms with E-state index >= 15 is 0 Å². The Kier molecular flexibility index (Phi) is 5.10. The Hall–Kier alpha value is -0.730. The predicted molar refractivity (Wildman–Crippen MR) is 70.1 cm³/mol. The van der Waals surface area contributed by atoms with Crippen LogP contribution >= 0.6 is 11.6 Å². The first-order valence-electron chi connectivity index (χ1n) is 5.76. The third-order valence-corrected chi connectivity index (χ3v) is 3.39. The zero-order valence-electron chi connectivity index (χ0n) is 10.2. The summed E-state index contributed by atoms with van der Waals surface area (Å²) in [4.78, 5) is 2.17. The van der Waals surface area contributed by atoms with Crippen LogP contribution in [0, 0.1) is 0 Å². The molecule has 1 aromatic rings. The summed E-state index contributed by atoms with van der Waals surface area (Å²) in [7, 11) is 2.04. The zero-order chi connectivity index (χ0) is 12.1. The molecular formula is C13H20ClNO. The summed E-state index contributed by atoms with van der Waals surface area (Å²) in [6.45, 7) is 4.36. The first kappa shape index (κ1) is 13.3. The van der Waals surface area contributed by atoms with Crippen molar-refractivity contribution in [2.45, 2.75) is 39.3 Å². The molecule has 0 spiro atoms. The maximum absolute atomic E-state index is 9.33. The van der Waals surface area contributed by atoms with Gasteiger partial charge in [0.05, 0.1) is 17.3 Å². The van der Waals surface area contributed by atoms with Crippen molar-refractivity contribution in [1.29, 1.82) is 0 Å². The van der Waals surface area contributed by atoms with Gasteiger partial charge in [-0.3, -0.25) is 0 Å². The molecule has 0 aliphatic carbocycles. The van der Waals surface area contributed by atoms with E-state index in [1.54, 1.807) is 0 Å². The van der Waals surface area contributed by atoms with Gasteiger partial charge in [-0.05, 0) is 18.9 Å².